The molecule has 0 spiro atoms. The molecule has 3 atom stereocenters. The summed E-state index contributed by atoms with van der Waals surface area (Å²) in [4.78, 5) is 3.35. The maximum Gasteiger partial charge on any atom is 0.118 e. The zero-order valence-electron chi connectivity index (χ0n) is 15.8. The molecule has 2 aromatic rings. The summed E-state index contributed by atoms with van der Waals surface area (Å²) < 4.78 is 4.94. The predicted molar refractivity (Wildman–Crippen MR) is 111 cm³/mol. The van der Waals surface area contributed by atoms with Crippen LogP contribution < -0.4 is 4.74 Å². The first-order valence-electron chi connectivity index (χ1n) is 9.57. The summed E-state index contributed by atoms with van der Waals surface area (Å²) in [5.41, 5.74) is 0.893. The lowest BCUT2D eigenvalue weighted by molar-refractivity contribution is 0.122. The second-order valence-electron chi connectivity index (χ2n) is 7.47. The van der Waals surface area contributed by atoms with Crippen LogP contribution in [0.4, 0.5) is 0 Å². The summed E-state index contributed by atoms with van der Waals surface area (Å²) in [7, 11) is 1.65. The summed E-state index contributed by atoms with van der Waals surface area (Å²) in [6.45, 7) is 3.03. The van der Waals surface area contributed by atoms with E-state index in [0.29, 0.717) is 0 Å². The van der Waals surface area contributed by atoms with Crippen molar-refractivity contribution in [3.63, 3.8) is 0 Å². The zero-order chi connectivity index (χ0) is 19.2. The van der Waals surface area contributed by atoms with Crippen LogP contribution in [0.3, 0.4) is 0 Å². The first-order chi connectivity index (χ1) is 13.0. The SMILES string of the molecule is COc1ccc(S)cc1.Oc1ccc(C(O)CN2C[C@H]3CCC[C@H]3C2)cc1. The van der Waals surface area contributed by atoms with E-state index in [1.165, 1.54) is 19.3 Å². The third-order valence-corrected chi connectivity index (χ3v) is 5.88. The Bertz CT molecular complexity index is 693. The molecule has 4 nitrogen and oxygen atoms in total. The Morgan fingerprint density at radius 2 is 1.63 bits per heavy atom. The molecule has 2 aliphatic rings. The molecule has 0 bridgehead atoms. The van der Waals surface area contributed by atoms with Crippen molar-refractivity contribution in [3.8, 4) is 11.5 Å². The number of hydrogen-bond donors (Lipinski definition) is 3. The second-order valence-corrected chi connectivity index (χ2v) is 7.99. The van der Waals surface area contributed by atoms with E-state index in [2.05, 4.69) is 17.5 Å². The van der Waals surface area contributed by atoms with Crippen LogP contribution in [0.5, 0.6) is 11.5 Å². The van der Waals surface area contributed by atoms with Gasteiger partial charge >= 0.3 is 0 Å². The number of β-amino-alcohol motifs (C(OH)–C–C–N with tert-alkyl or cyclic N) is 1. The predicted octanol–water partition coefficient (Wildman–Crippen LogP) is 4.14. The van der Waals surface area contributed by atoms with Crippen LogP contribution in [-0.4, -0.2) is 41.9 Å². The molecule has 1 aliphatic heterocycles. The Hall–Kier alpha value is -1.69. The molecular weight excluding hydrogens is 358 g/mol. The Morgan fingerprint density at radius 3 is 2.19 bits per heavy atom. The van der Waals surface area contributed by atoms with Gasteiger partial charge in [0.15, 0.2) is 0 Å². The van der Waals surface area contributed by atoms with Gasteiger partial charge in [-0.25, -0.2) is 0 Å². The molecule has 0 amide bonds. The van der Waals surface area contributed by atoms with Crippen LogP contribution in [0.1, 0.15) is 30.9 Å². The standard InChI is InChI=1S/C15H21NO2.C7H8OS/c17-14-6-4-11(5-7-14)15(18)10-16-8-12-2-1-3-13(12)9-16;1-8-6-2-4-7(9)5-3-6/h4-7,12-13,15,17-18H,1-3,8-10H2;2-5,9H,1H3/t12-,13+,15?;. The van der Waals surface area contributed by atoms with Gasteiger partial charge in [-0.2, -0.15) is 0 Å². The molecule has 2 fully saturated rings. The fourth-order valence-electron chi connectivity index (χ4n) is 4.11. The number of rotatable bonds is 4. The summed E-state index contributed by atoms with van der Waals surface area (Å²) in [5.74, 6) is 2.86. The van der Waals surface area contributed by atoms with Crippen molar-refractivity contribution in [3.05, 3.63) is 54.1 Å². The molecule has 0 aromatic heterocycles. The van der Waals surface area contributed by atoms with Crippen LogP contribution in [0.15, 0.2) is 53.4 Å². The van der Waals surface area contributed by atoms with Gasteiger partial charge in [0.1, 0.15) is 11.5 Å². The van der Waals surface area contributed by atoms with Crippen molar-refractivity contribution in [2.45, 2.75) is 30.3 Å². The van der Waals surface area contributed by atoms with Crippen LogP contribution >= 0.6 is 12.6 Å². The molecule has 1 saturated carbocycles. The van der Waals surface area contributed by atoms with Gasteiger partial charge in [0.2, 0.25) is 0 Å². The Kier molecular flexibility index (Phi) is 7.05. The first kappa shape index (κ1) is 20.1. The summed E-state index contributed by atoms with van der Waals surface area (Å²) in [5, 5.41) is 19.5. The highest BCUT2D eigenvalue weighted by Gasteiger charge is 2.36. The maximum absolute atomic E-state index is 10.2. The van der Waals surface area contributed by atoms with E-state index in [1.54, 1.807) is 31.4 Å². The minimum atomic E-state index is -0.440. The Labute approximate surface area is 167 Å². The molecule has 27 heavy (non-hydrogen) atoms. The third kappa shape index (κ3) is 5.64. The van der Waals surface area contributed by atoms with Crippen LogP contribution in [0, 0.1) is 11.8 Å². The number of phenolic OH excluding ortho intramolecular Hbond substituents is 1. The van der Waals surface area contributed by atoms with Gasteiger partial charge in [-0.3, -0.25) is 4.90 Å². The lowest BCUT2D eigenvalue weighted by Gasteiger charge is -2.21. The number of benzene rings is 2. The van der Waals surface area contributed by atoms with E-state index in [9.17, 15) is 10.2 Å². The number of likely N-dealkylation sites (tertiary alicyclic amines) is 1. The topological polar surface area (TPSA) is 52.9 Å². The van der Waals surface area contributed by atoms with Crippen molar-refractivity contribution in [2.75, 3.05) is 26.7 Å². The number of hydrogen-bond acceptors (Lipinski definition) is 5. The molecular formula is C22H29NO3S. The van der Waals surface area contributed by atoms with Gasteiger partial charge in [-0.05, 0) is 66.6 Å². The van der Waals surface area contributed by atoms with Crippen molar-refractivity contribution in [2.24, 2.45) is 11.8 Å². The minimum absolute atomic E-state index is 0.252. The van der Waals surface area contributed by atoms with E-state index < -0.39 is 6.10 Å². The van der Waals surface area contributed by atoms with Crippen molar-refractivity contribution in [1.29, 1.82) is 0 Å². The highest BCUT2D eigenvalue weighted by molar-refractivity contribution is 7.80. The fraction of sp³-hybridized carbons (Fsp3) is 0.455. The van der Waals surface area contributed by atoms with Gasteiger partial charge in [0, 0.05) is 24.5 Å². The Morgan fingerprint density at radius 1 is 1.04 bits per heavy atom. The average molecular weight is 388 g/mol. The van der Waals surface area contributed by atoms with E-state index in [0.717, 1.165) is 47.7 Å². The molecule has 0 radical (unpaired) electrons. The number of methoxy groups -OCH3 is 1. The zero-order valence-corrected chi connectivity index (χ0v) is 16.7. The maximum atomic E-state index is 10.2. The summed E-state index contributed by atoms with van der Waals surface area (Å²) in [6, 6.07) is 14.4. The van der Waals surface area contributed by atoms with Crippen molar-refractivity contribution < 1.29 is 14.9 Å². The van der Waals surface area contributed by atoms with Gasteiger partial charge in [0.05, 0.1) is 13.2 Å². The normalized spacial score (nSPS) is 22.6. The number of aliphatic hydroxyl groups is 1. The number of ether oxygens (including phenoxy) is 1. The quantitative estimate of drug-likeness (QED) is 0.690. The van der Waals surface area contributed by atoms with E-state index >= 15 is 0 Å². The van der Waals surface area contributed by atoms with Gasteiger partial charge in [0.25, 0.3) is 0 Å². The molecule has 1 saturated heterocycles. The molecule has 5 heteroatoms. The lowest BCUT2D eigenvalue weighted by atomic mass is 10.0. The van der Waals surface area contributed by atoms with Gasteiger partial charge < -0.3 is 14.9 Å². The molecule has 2 N–H and O–H groups in total. The molecule has 2 aromatic carbocycles. The highest BCUT2D eigenvalue weighted by atomic mass is 32.1. The third-order valence-electron chi connectivity index (χ3n) is 5.58. The number of phenols is 1. The number of aliphatic hydroxyl groups excluding tert-OH is 1. The van der Waals surface area contributed by atoms with Crippen LogP contribution in [0.2, 0.25) is 0 Å². The van der Waals surface area contributed by atoms with E-state index in [1.807, 2.05) is 24.3 Å². The molecule has 1 aliphatic carbocycles. The molecule has 146 valence electrons. The van der Waals surface area contributed by atoms with Gasteiger partial charge in [-0.1, -0.05) is 18.6 Å². The van der Waals surface area contributed by atoms with E-state index in [4.69, 9.17) is 4.74 Å². The minimum Gasteiger partial charge on any atom is -0.508 e. The number of thiol groups is 1. The monoisotopic (exact) mass is 387 g/mol. The van der Waals surface area contributed by atoms with Crippen LogP contribution in [0.25, 0.3) is 0 Å². The first-order valence-corrected chi connectivity index (χ1v) is 10.0. The Balaban J connectivity index is 0.000000197. The van der Waals surface area contributed by atoms with Crippen LogP contribution in [-0.2, 0) is 0 Å². The molecule has 4 rings (SSSR count). The van der Waals surface area contributed by atoms with Crippen molar-refractivity contribution >= 4 is 12.6 Å². The second kappa shape index (κ2) is 9.49. The van der Waals surface area contributed by atoms with Gasteiger partial charge in [-0.15, -0.1) is 12.6 Å². The highest BCUT2D eigenvalue weighted by Crippen LogP contribution is 2.38. The summed E-state index contributed by atoms with van der Waals surface area (Å²) in [6.07, 6.45) is 3.70. The van der Waals surface area contributed by atoms with Crippen molar-refractivity contribution in [1.82, 2.24) is 4.90 Å². The number of aromatic hydroxyl groups is 1. The fourth-order valence-corrected chi connectivity index (χ4v) is 4.26. The molecule has 1 heterocycles. The number of nitrogens with zero attached hydrogens (tertiary/aromatic N) is 1. The van der Waals surface area contributed by atoms with E-state index in [-0.39, 0.29) is 5.75 Å². The lowest BCUT2D eigenvalue weighted by Crippen LogP contribution is -2.27. The summed E-state index contributed by atoms with van der Waals surface area (Å²) >= 11 is 4.11. The molecule has 1 unspecified atom stereocenters. The average Bonchev–Trinajstić information content (AvgIpc) is 3.25. The largest absolute Gasteiger partial charge is 0.508 e. The number of fused-ring (bicyclic) bond motifs is 1. The smallest absolute Gasteiger partial charge is 0.118 e.